The molecule has 0 radical (unpaired) electrons. The summed E-state index contributed by atoms with van der Waals surface area (Å²) in [5.74, 6) is -1.18. The van der Waals surface area contributed by atoms with Crippen molar-refractivity contribution in [3.05, 3.63) is 33.8 Å². The van der Waals surface area contributed by atoms with Gasteiger partial charge in [0.1, 0.15) is 6.04 Å². The maximum absolute atomic E-state index is 11.6. The topological polar surface area (TPSA) is 84.5 Å². The Labute approximate surface area is 143 Å². The SMILES string of the molecule is O=C(COC(=O)[C@@H]1CCC(=O)N1)NCCc1ccc(Cl)cc1Cl. The van der Waals surface area contributed by atoms with Crippen LogP contribution in [0.25, 0.3) is 0 Å². The molecular formula is C15H16Cl2N2O4. The van der Waals surface area contributed by atoms with E-state index in [9.17, 15) is 14.4 Å². The Morgan fingerprint density at radius 2 is 2.13 bits per heavy atom. The second kappa shape index (κ2) is 8.17. The normalized spacial score (nSPS) is 16.8. The highest BCUT2D eigenvalue weighted by atomic mass is 35.5. The lowest BCUT2D eigenvalue weighted by molar-refractivity contribution is -0.150. The van der Waals surface area contributed by atoms with E-state index in [4.69, 9.17) is 27.9 Å². The second-order valence-corrected chi connectivity index (χ2v) is 5.95. The van der Waals surface area contributed by atoms with Gasteiger partial charge in [-0.1, -0.05) is 29.3 Å². The van der Waals surface area contributed by atoms with Crippen molar-refractivity contribution < 1.29 is 19.1 Å². The molecule has 0 bridgehead atoms. The van der Waals surface area contributed by atoms with Gasteiger partial charge in [0.05, 0.1) is 0 Å². The van der Waals surface area contributed by atoms with Gasteiger partial charge in [-0.3, -0.25) is 9.59 Å². The Morgan fingerprint density at radius 1 is 1.35 bits per heavy atom. The van der Waals surface area contributed by atoms with Crippen LogP contribution < -0.4 is 10.6 Å². The quantitative estimate of drug-likeness (QED) is 0.754. The zero-order chi connectivity index (χ0) is 16.8. The Morgan fingerprint density at radius 3 is 2.78 bits per heavy atom. The van der Waals surface area contributed by atoms with Gasteiger partial charge in [-0.2, -0.15) is 0 Å². The summed E-state index contributed by atoms with van der Waals surface area (Å²) in [6, 6.07) is 4.50. The molecular weight excluding hydrogens is 343 g/mol. The number of carbonyl (C=O) groups is 3. The molecule has 1 fully saturated rings. The van der Waals surface area contributed by atoms with Gasteiger partial charge in [0.2, 0.25) is 5.91 Å². The van der Waals surface area contributed by atoms with Crippen molar-refractivity contribution in [3.63, 3.8) is 0 Å². The van der Waals surface area contributed by atoms with E-state index >= 15 is 0 Å². The fourth-order valence-corrected chi connectivity index (χ4v) is 2.64. The largest absolute Gasteiger partial charge is 0.454 e. The summed E-state index contributed by atoms with van der Waals surface area (Å²) in [5, 5.41) is 6.20. The molecule has 0 unspecified atom stereocenters. The molecule has 1 heterocycles. The molecule has 2 rings (SSSR count). The van der Waals surface area contributed by atoms with Crippen LogP contribution in [0.1, 0.15) is 18.4 Å². The molecule has 1 saturated heterocycles. The summed E-state index contributed by atoms with van der Waals surface area (Å²) >= 11 is 11.8. The number of hydrogen-bond acceptors (Lipinski definition) is 4. The predicted molar refractivity (Wildman–Crippen MR) is 85.3 cm³/mol. The minimum Gasteiger partial charge on any atom is -0.454 e. The standard InChI is InChI=1S/C15H16Cl2N2O4/c16-10-2-1-9(11(17)7-10)5-6-18-14(21)8-23-15(22)12-3-4-13(20)19-12/h1-2,7,12H,3-6,8H2,(H,18,21)(H,19,20)/t12-/m0/s1. The van der Waals surface area contributed by atoms with Crippen molar-refractivity contribution in [2.45, 2.75) is 25.3 Å². The summed E-state index contributed by atoms with van der Waals surface area (Å²) in [6.45, 7) is -0.0164. The molecule has 1 aromatic rings. The fraction of sp³-hybridized carbons (Fsp3) is 0.400. The molecule has 0 aromatic heterocycles. The van der Waals surface area contributed by atoms with Crippen LogP contribution in [-0.2, 0) is 25.5 Å². The predicted octanol–water partition coefficient (Wildman–Crippen LogP) is 1.47. The van der Waals surface area contributed by atoms with Crippen LogP contribution >= 0.6 is 23.2 Å². The van der Waals surface area contributed by atoms with Crippen molar-refractivity contribution in [1.82, 2.24) is 10.6 Å². The van der Waals surface area contributed by atoms with Crippen LogP contribution in [0.4, 0.5) is 0 Å². The molecule has 1 atom stereocenters. The van der Waals surface area contributed by atoms with E-state index in [0.717, 1.165) is 5.56 Å². The monoisotopic (exact) mass is 358 g/mol. The number of amides is 2. The third kappa shape index (κ3) is 5.41. The lowest BCUT2D eigenvalue weighted by atomic mass is 10.1. The van der Waals surface area contributed by atoms with Crippen LogP contribution in [0, 0.1) is 0 Å². The Kier molecular flexibility index (Phi) is 6.24. The fourth-order valence-electron chi connectivity index (χ4n) is 2.14. The lowest BCUT2D eigenvalue weighted by Crippen LogP contribution is -2.37. The molecule has 0 spiro atoms. The maximum Gasteiger partial charge on any atom is 0.329 e. The second-order valence-electron chi connectivity index (χ2n) is 5.10. The summed E-state index contributed by atoms with van der Waals surface area (Å²) < 4.78 is 4.87. The molecule has 0 saturated carbocycles. The van der Waals surface area contributed by atoms with Gasteiger partial charge >= 0.3 is 5.97 Å². The van der Waals surface area contributed by atoms with E-state index < -0.39 is 17.9 Å². The first-order valence-corrected chi connectivity index (χ1v) is 7.88. The number of halogens is 2. The van der Waals surface area contributed by atoms with Crippen LogP contribution in [0.2, 0.25) is 10.0 Å². The van der Waals surface area contributed by atoms with Crippen LogP contribution in [0.5, 0.6) is 0 Å². The first-order valence-electron chi connectivity index (χ1n) is 7.12. The molecule has 0 aliphatic carbocycles. The number of ether oxygens (including phenoxy) is 1. The number of nitrogens with one attached hydrogen (secondary N) is 2. The highest BCUT2D eigenvalue weighted by molar-refractivity contribution is 6.35. The van der Waals surface area contributed by atoms with Gasteiger partial charge in [0.15, 0.2) is 6.61 Å². The van der Waals surface area contributed by atoms with E-state index in [-0.39, 0.29) is 12.5 Å². The minimum absolute atomic E-state index is 0.184. The van der Waals surface area contributed by atoms with Crippen molar-refractivity contribution in [3.8, 4) is 0 Å². The lowest BCUT2D eigenvalue weighted by Gasteiger charge is -2.10. The Hall–Kier alpha value is -1.79. The van der Waals surface area contributed by atoms with Crippen LogP contribution in [0.15, 0.2) is 18.2 Å². The molecule has 23 heavy (non-hydrogen) atoms. The molecule has 1 aliphatic heterocycles. The number of hydrogen-bond donors (Lipinski definition) is 2. The molecule has 2 N–H and O–H groups in total. The van der Waals surface area contributed by atoms with E-state index in [2.05, 4.69) is 10.6 Å². The van der Waals surface area contributed by atoms with Gasteiger partial charge < -0.3 is 15.4 Å². The van der Waals surface area contributed by atoms with Gasteiger partial charge in [0, 0.05) is 23.0 Å². The van der Waals surface area contributed by atoms with Gasteiger partial charge in [-0.25, -0.2) is 4.79 Å². The molecule has 2 amide bonds. The molecule has 8 heteroatoms. The van der Waals surface area contributed by atoms with E-state index in [1.165, 1.54) is 0 Å². The zero-order valence-corrected chi connectivity index (χ0v) is 13.7. The van der Waals surface area contributed by atoms with Crippen LogP contribution in [-0.4, -0.2) is 37.0 Å². The van der Waals surface area contributed by atoms with Gasteiger partial charge in [0.25, 0.3) is 5.91 Å². The average Bonchev–Trinajstić information content (AvgIpc) is 2.93. The van der Waals surface area contributed by atoms with E-state index in [0.29, 0.717) is 35.9 Å². The van der Waals surface area contributed by atoms with Crippen molar-refractivity contribution in [1.29, 1.82) is 0 Å². The van der Waals surface area contributed by atoms with Crippen LogP contribution in [0.3, 0.4) is 0 Å². The average molecular weight is 359 g/mol. The number of esters is 1. The van der Waals surface area contributed by atoms with E-state index in [1.54, 1.807) is 18.2 Å². The smallest absolute Gasteiger partial charge is 0.329 e. The molecule has 6 nitrogen and oxygen atoms in total. The molecule has 124 valence electrons. The Bertz CT molecular complexity index is 621. The summed E-state index contributed by atoms with van der Waals surface area (Å²) in [6.07, 6.45) is 1.23. The number of benzene rings is 1. The van der Waals surface area contributed by atoms with Gasteiger partial charge in [-0.15, -0.1) is 0 Å². The number of rotatable bonds is 6. The van der Waals surface area contributed by atoms with Crippen molar-refractivity contribution >= 4 is 41.0 Å². The minimum atomic E-state index is -0.650. The number of carbonyl (C=O) groups excluding carboxylic acids is 3. The van der Waals surface area contributed by atoms with Gasteiger partial charge in [-0.05, 0) is 30.5 Å². The summed E-state index contributed by atoms with van der Waals surface area (Å²) in [5.41, 5.74) is 0.863. The van der Waals surface area contributed by atoms with Crippen molar-refractivity contribution in [2.75, 3.05) is 13.2 Å². The third-order valence-corrected chi connectivity index (χ3v) is 3.94. The van der Waals surface area contributed by atoms with E-state index in [1.807, 2.05) is 0 Å². The first kappa shape index (κ1) is 17.6. The molecule has 1 aliphatic rings. The van der Waals surface area contributed by atoms with Crippen molar-refractivity contribution in [2.24, 2.45) is 0 Å². The first-order chi connectivity index (χ1) is 11.0. The summed E-state index contributed by atoms with van der Waals surface area (Å²) in [4.78, 5) is 34.2. The highest BCUT2D eigenvalue weighted by Gasteiger charge is 2.28. The zero-order valence-electron chi connectivity index (χ0n) is 12.2. The Balaban J connectivity index is 1.67. The highest BCUT2D eigenvalue weighted by Crippen LogP contribution is 2.21. The summed E-state index contributed by atoms with van der Waals surface area (Å²) in [7, 11) is 0. The third-order valence-electron chi connectivity index (χ3n) is 3.36. The maximum atomic E-state index is 11.6. The molecule has 1 aromatic carbocycles.